The van der Waals surface area contributed by atoms with Gasteiger partial charge in [-0.25, -0.2) is 18.5 Å². The minimum absolute atomic E-state index is 0.0266. The van der Waals surface area contributed by atoms with Crippen LogP contribution in [0.5, 0.6) is 0 Å². The normalized spacial score (nSPS) is 13.7. The first-order valence-electron chi connectivity index (χ1n) is 6.91. The number of hydrogen-bond acceptors (Lipinski definition) is 8. The molecule has 24 heavy (non-hydrogen) atoms. The maximum atomic E-state index is 11.4. The first-order chi connectivity index (χ1) is 11.3. The average molecular weight is 395 g/mol. The zero-order valence-electron chi connectivity index (χ0n) is 12.4. The Morgan fingerprint density at radius 3 is 2.79 bits per heavy atom. The Balaban J connectivity index is 1.95. The highest BCUT2D eigenvalue weighted by atomic mass is 35.5. The van der Waals surface area contributed by atoms with Gasteiger partial charge in [-0.1, -0.05) is 18.0 Å². The fourth-order valence-corrected chi connectivity index (χ4v) is 3.94. The second kappa shape index (κ2) is 8.01. The summed E-state index contributed by atoms with van der Waals surface area (Å²) < 4.78 is 25.9. The maximum absolute atomic E-state index is 11.4. The second-order valence-corrected chi connectivity index (χ2v) is 7.71. The maximum Gasteiger partial charge on any atom is 0.294 e. The number of primary sulfonamides is 1. The molecular weight excluding hydrogens is 380 g/mol. The Morgan fingerprint density at radius 1 is 1.38 bits per heavy atom. The summed E-state index contributed by atoms with van der Waals surface area (Å²) in [5, 5.41) is 14.3. The van der Waals surface area contributed by atoms with Gasteiger partial charge in [-0.2, -0.15) is 0 Å². The number of halogens is 1. The lowest BCUT2D eigenvalue weighted by atomic mass is 10.2. The van der Waals surface area contributed by atoms with Crippen molar-refractivity contribution in [2.24, 2.45) is 10.1 Å². The number of amidine groups is 1. The molecule has 0 aromatic heterocycles. The van der Waals surface area contributed by atoms with Crippen LogP contribution in [0.1, 0.15) is 25.7 Å². The summed E-state index contributed by atoms with van der Waals surface area (Å²) in [6.07, 6.45) is 2.78. The van der Waals surface area contributed by atoms with E-state index in [4.69, 9.17) is 16.7 Å². The van der Waals surface area contributed by atoms with Crippen LogP contribution in [0.2, 0.25) is 5.02 Å². The molecule has 1 aromatic rings. The van der Waals surface area contributed by atoms with Gasteiger partial charge in [-0.05, 0) is 36.9 Å². The lowest BCUT2D eigenvalue weighted by Crippen LogP contribution is -2.19. The van der Waals surface area contributed by atoms with Crippen molar-refractivity contribution in [1.82, 2.24) is 4.72 Å². The van der Waals surface area contributed by atoms with Crippen LogP contribution in [-0.4, -0.2) is 25.9 Å². The molecule has 0 radical (unpaired) electrons. The van der Waals surface area contributed by atoms with Gasteiger partial charge in [-0.3, -0.25) is 0 Å². The molecule has 2 rings (SSSR count). The number of rotatable bonds is 8. The third-order valence-electron chi connectivity index (χ3n) is 3.11. The van der Waals surface area contributed by atoms with Crippen LogP contribution < -0.4 is 9.86 Å². The molecule has 1 heterocycles. The van der Waals surface area contributed by atoms with E-state index < -0.39 is 15.1 Å². The number of nitrogens with zero attached hydrogens (tertiary/aromatic N) is 2. The number of fused-ring (bicyclic) bond motifs is 1. The Labute approximate surface area is 147 Å². The number of benzene rings is 1. The lowest BCUT2D eigenvalue weighted by Gasteiger charge is -2.17. The van der Waals surface area contributed by atoms with Gasteiger partial charge in [0.2, 0.25) is 10.0 Å². The van der Waals surface area contributed by atoms with E-state index in [1.54, 1.807) is 0 Å². The molecule has 3 N–H and O–H groups in total. The van der Waals surface area contributed by atoms with E-state index in [9.17, 15) is 18.5 Å². The second-order valence-electron chi connectivity index (χ2n) is 4.93. The molecule has 0 saturated carbocycles. The molecule has 0 atom stereocenters. The largest absolute Gasteiger partial charge is 0.314 e. The first-order valence-corrected chi connectivity index (χ1v) is 9.65. The molecule has 0 bridgehead atoms. The van der Waals surface area contributed by atoms with Crippen LogP contribution in [0.25, 0.3) is 0 Å². The van der Waals surface area contributed by atoms with E-state index in [-0.39, 0.29) is 16.5 Å². The third-order valence-corrected chi connectivity index (χ3v) is 5.37. The minimum atomic E-state index is -3.89. The summed E-state index contributed by atoms with van der Waals surface area (Å²) in [5.41, 5.74) is 0.572. The summed E-state index contributed by atoms with van der Waals surface area (Å²) in [7, 11) is -3.89. The molecule has 9 nitrogen and oxygen atoms in total. The van der Waals surface area contributed by atoms with Gasteiger partial charge in [0.1, 0.15) is 10.7 Å². The van der Waals surface area contributed by atoms with Crippen LogP contribution in [0, 0.1) is 10.1 Å². The molecule has 0 spiro atoms. The van der Waals surface area contributed by atoms with Gasteiger partial charge >= 0.3 is 0 Å². The summed E-state index contributed by atoms with van der Waals surface area (Å²) >= 11 is 7.19. The van der Waals surface area contributed by atoms with E-state index in [2.05, 4.69) is 14.6 Å². The molecule has 1 aromatic carbocycles. The van der Waals surface area contributed by atoms with Crippen molar-refractivity contribution < 1.29 is 18.3 Å². The van der Waals surface area contributed by atoms with E-state index >= 15 is 0 Å². The SMILES string of the molecule is NS(=O)(=O)c1cc2c(cc1Cl)N=C(CCCCCO[N+](=O)[O-])NS2. The first kappa shape index (κ1) is 18.8. The van der Waals surface area contributed by atoms with E-state index in [0.29, 0.717) is 23.4 Å². The van der Waals surface area contributed by atoms with Crippen LogP contribution in [0.15, 0.2) is 26.9 Å². The minimum Gasteiger partial charge on any atom is -0.314 e. The molecular formula is C12H15ClN4O5S2. The highest BCUT2D eigenvalue weighted by molar-refractivity contribution is 7.98. The molecule has 132 valence electrons. The summed E-state index contributed by atoms with van der Waals surface area (Å²) in [6, 6.07) is 2.86. The molecule has 0 saturated heterocycles. The van der Waals surface area contributed by atoms with Crippen molar-refractivity contribution in [2.75, 3.05) is 6.61 Å². The van der Waals surface area contributed by atoms with Crippen molar-refractivity contribution in [3.63, 3.8) is 0 Å². The zero-order chi connectivity index (χ0) is 17.7. The Kier molecular flexibility index (Phi) is 6.27. The fraction of sp³-hybridized carbons (Fsp3) is 0.417. The number of sulfonamides is 1. The van der Waals surface area contributed by atoms with E-state index in [1.807, 2.05) is 0 Å². The van der Waals surface area contributed by atoms with Crippen LogP contribution in [-0.2, 0) is 14.9 Å². The van der Waals surface area contributed by atoms with Crippen molar-refractivity contribution in [1.29, 1.82) is 0 Å². The van der Waals surface area contributed by atoms with Crippen LogP contribution >= 0.6 is 23.5 Å². The highest BCUT2D eigenvalue weighted by Crippen LogP contribution is 2.37. The lowest BCUT2D eigenvalue weighted by molar-refractivity contribution is -0.757. The van der Waals surface area contributed by atoms with E-state index in [1.165, 1.54) is 24.1 Å². The average Bonchev–Trinajstić information content (AvgIpc) is 2.48. The molecule has 0 fully saturated rings. The number of nitrogens with one attached hydrogen (secondary N) is 1. The summed E-state index contributed by atoms with van der Waals surface area (Å²) in [6.45, 7) is 0.0798. The Morgan fingerprint density at radius 2 is 2.12 bits per heavy atom. The van der Waals surface area contributed by atoms with Crippen molar-refractivity contribution in [3.05, 3.63) is 27.3 Å². The standard InChI is InChI=1S/C12H15ClN4O5S2/c13-8-6-9-10(7-11(8)24(14,20)21)23-16-12(15-9)4-2-1-3-5-22-17(18)19/h6-7H,1-5H2,(H,15,16)(H2,14,20,21). The smallest absolute Gasteiger partial charge is 0.294 e. The number of unbranched alkanes of at least 4 members (excludes halogenated alkanes) is 2. The number of nitrogens with two attached hydrogens (primary N) is 1. The van der Waals surface area contributed by atoms with Crippen LogP contribution in [0.3, 0.4) is 0 Å². The zero-order valence-corrected chi connectivity index (χ0v) is 14.8. The van der Waals surface area contributed by atoms with Crippen molar-refractivity contribution in [2.45, 2.75) is 35.5 Å². The fourth-order valence-electron chi connectivity index (χ4n) is 2.01. The van der Waals surface area contributed by atoms with Crippen molar-refractivity contribution in [3.8, 4) is 0 Å². The van der Waals surface area contributed by atoms with Gasteiger partial charge in [0, 0.05) is 6.42 Å². The quantitative estimate of drug-likeness (QED) is 0.299. The predicted molar refractivity (Wildman–Crippen MR) is 90.3 cm³/mol. The van der Waals surface area contributed by atoms with Gasteiger partial charge in [-0.15, -0.1) is 10.1 Å². The molecule has 0 unspecified atom stereocenters. The Hall–Kier alpha value is -1.56. The van der Waals surface area contributed by atoms with E-state index in [0.717, 1.165) is 18.7 Å². The van der Waals surface area contributed by atoms with Gasteiger partial charge in [0.25, 0.3) is 5.09 Å². The topological polar surface area (TPSA) is 137 Å². The molecule has 1 aliphatic rings. The predicted octanol–water partition coefficient (Wildman–Crippen LogP) is 2.40. The molecule has 12 heteroatoms. The Bertz CT molecular complexity index is 769. The van der Waals surface area contributed by atoms with Gasteiger partial charge in [0.15, 0.2) is 0 Å². The summed E-state index contributed by atoms with van der Waals surface area (Å²) in [4.78, 5) is 19.1. The monoisotopic (exact) mass is 394 g/mol. The number of aliphatic imine (C=N–C) groups is 1. The highest BCUT2D eigenvalue weighted by Gasteiger charge is 2.20. The molecule has 0 aliphatic carbocycles. The van der Waals surface area contributed by atoms with Crippen LogP contribution in [0.4, 0.5) is 5.69 Å². The van der Waals surface area contributed by atoms with Gasteiger partial charge in [0.05, 0.1) is 22.2 Å². The number of hydrogen-bond donors (Lipinski definition) is 2. The van der Waals surface area contributed by atoms with Gasteiger partial charge < -0.3 is 9.56 Å². The third kappa shape index (κ3) is 5.23. The van der Waals surface area contributed by atoms with Crippen molar-refractivity contribution >= 4 is 45.1 Å². The summed E-state index contributed by atoms with van der Waals surface area (Å²) in [5.74, 6) is 0.724. The molecule has 0 amide bonds. The molecule has 1 aliphatic heterocycles.